The summed E-state index contributed by atoms with van der Waals surface area (Å²) < 4.78 is 0. The summed E-state index contributed by atoms with van der Waals surface area (Å²) in [5.41, 5.74) is 3.05. The summed E-state index contributed by atoms with van der Waals surface area (Å²) in [6, 6.07) is 25.5. The Labute approximate surface area is 193 Å². The van der Waals surface area contributed by atoms with Gasteiger partial charge in [-0.1, -0.05) is 60.7 Å². The molecular formula is C27H27N3O3. The Bertz CT molecular complexity index is 1120. The third-order valence-corrected chi connectivity index (χ3v) is 5.69. The fourth-order valence-electron chi connectivity index (χ4n) is 4.01. The van der Waals surface area contributed by atoms with Crippen LogP contribution < -0.4 is 10.6 Å². The molecule has 1 aliphatic rings. The summed E-state index contributed by atoms with van der Waals surface area (Å²) in [6.07, 6.45) is 1.59. The largest absolute Gasteiger partial charge is 0.345 e. The summed E-state index contributed by atoms with van der Waals surface area (Å²) in [4.78, 5) is 39.4. The van der Waals surface area contributed by atoms with E-state index in [9.17, 15) is 14.4 Å². The number of hydrogen-bond acceptors (Lipinski definition) is 3. The second kappa shape index (κ2) is 10.6. The number of nitrogens with one attached hydrogen (secondary N) is 2. The van der Waals surface area contributed by atoms with E-state index in [1.54, 1.807) is 12.1 Å². The van der Waals surface area contributed by atoms with Crippen molar-refractivity contribution >= 4 is 23.4 Å². The first-order valence-electron chi connectivity index (χ1n) is 11.2. The Morgan fingerprint density at radius 3 is 2.33 bits per heavy atom. The van der Waals surface area contributed by atoms with Crippen LogP contribution in [0.1, 0.15) is 46.8 Å². The molecule has 0 aliphatic carbocycles. The van der Waals surface area contributed by atoms with E-state index in [2.05, 4.69) is 10.6 Å². The zero-order chi connectivity index (χ0) is 23.0. The molecule has 1 aliphatic heterocycles. The Morgan fingerprint density at radius 2 is 1.64 bits per heavy atom. The first-order valence-corrected chi connectivity index (χ1v) is 11.2. The Kier molecular flexibility index (Phi) is 7.15. The molecule has 33 heavy (non-hydrogen) atoms. The number of likely N-dealkylation sites (tertiary alicyclic amines) is 1. The lowest BCUT2D eigenvalue weighted by molar-refractivity contribution is -0.128. The van der Waals surface area contributed by atoms with Gasteiger partial charge in [-0.2, -0.15) is 0 Å². The first kappa shape index (κ1) is 22.3. The van der Waals surface area contributed by atoms with Crippen LogP contribution in [-0.2, 0) is 16.1 Å². The molecule has 0 radical (unpaired) electrons. The minimum absolute atomic E-state index is 0.0947. The first-order chi connectivity index (χ1) is 16.1. The number of anilines is 1. The smallest absolute Gasteiger partial charge is 0.251 e. The molecule has 1 saturated heterocycles. The summed E-state index contributed by atoms with van der Waals surface area (Å²) in [7, 11) is 0. The predicted octanol–water partition coefficient (Wildman–Crippen LogP) is 4.31. The molecule has 6 heteroatoms. The van der Waals surface area contributed by atoms with Gasteiger partial charge in [0.1, 0.15) is 0 Å². The Morgan fingerprint density at radius 1 is 0.909 bits per heavy atom. The molecule has 1 heterocycles. The van der Waals surface area contributed by atoms with Gasteiger partial charge in [0.05, 0.1) is 12.5 Å². The summed E-state index contributed by atoms with van der Waals surface area (Å²) in [6.45, 7) is 1.32. The van der Waals surface area contributed by atoms with Crippen LogP contribution in [0.2, 0.25) is 0 Å². The van der Waals surface area contributed by atoms with Crippen LogP contribution >= 0.6 is 0 Å². The molecule has 6 nitrogen and oxygen atoms in total. The highest BCUT2D eigenvalue weighted by molar-refractivity contribution is 5.95. The topological polar surface area (TPSA) is 78.5 Å². The van der Waals surface area contributed by atoms with Crippen LogP contribution in [0.5, 0.6) is 0 Å². The third kappa shape index (κ3) is 6.07. The molecule has 0 bridgehead atoms. The number of carbonyl (C=O) groups excluding carboxylic acids is 3. The van der Waals surface area contributed by atoms with Gasteiger partial charge in [0.2, 0.25) is 11.8 Å². The van der Waals surface area contributed by atoms with Gasteiger partial charge in [0.15, 0.2) is 0 Å². The van der Waals surface area contributed by atoms with Crippen molar-refractivity contribution in [3.8, 4) is 0 Å². The van der Waals surface area contributed by atoms with Gasteiger partial charge in [-0.25, -0.2) is 0 Å². The maximum atomic E-state index is 12.9. The lowest BCUT2D eigenvalue weighted by atomic mass is 10.0. The van der Waals surface area contributed by atoms with Crippen LogP contribution in [0, 0.1) is 0 Å². The van der Waals surface area contributed by atoms with Gasteiger partial charge in [-0.05, 0) is 41.8 Å². The van der Waals surface area contributed by atoms with Gasteiger partial charge in [0, 0.05) is 30.8 Å². The standard InChI is InChI=1S/C27H27N3O3/c31-25(28-23-14-7-9-20(17-23)19-30-16-8-15-26(30)32)18-24(21-10-3-1-4-11-21)29-27(33)22-12-5-2-6-13-22/h1-7,9-14,17,24H,8,15-16,18-19H2,(H,28,31)(H,29,33). The number of rotatable bonds is 8. The molecule has 1 fully saturated rings. The maximum absolute atomic E-state index is 12.9. The van der Waals surface area contributed by atoms with E-state index in [-0.39, 0.29) is 24.1 Å². The van der Waals surface area contributed by atoms with Crippen molar-refractivity contribution in [3.05, 3.63) is 102 Å². The molecule has 4 rings (SSSR count). The molecule has 1 atom stereocenters. The lowest BCUT2D eigenvalue weighted by Gasteiger charge is -2.20. The van der Waals surface area contributed by atoms with E-state index in [0.717, 1.165) is 24.1 Å². The summed E-state index contributed by atoms with van der Waals surface area (Å²) in [5, 5.41) is 5.92. The second-order valence-corrected chi connectivity index (χ2v) is 8.17. The average molecular weight is 442 g/mol. The van der Waals surface area contributed by atoms with Gasteiger partial charge in [-0.3, -0.25) is 14.4 Å². The minimum Gasteiger partial charge on any atom is -0.345 e. The quantitative estimate of drug-likeness (QED) is 0.547. The van der Waals surface area contributed by atoms with Crippen LogP contribution in [0.15, 0.2) is 84.9 Å². The van der Waals surface area contributed by atoms with Crippen LogP contribution in [0.25, 0.3) is 0 Å². The van der Waals surface area contributed by atoms with Crippen molar-refractivity contribution in [2.75, 3.05) is 11.9 Å². The van der Waals surface area contributed by atoms with Gasteiger partial charge >= 0.3 is 0 Å². The molecule has 168 valence electrons. The molecule has 2 N–H and O–H groups in total. The predicted molar refractivity (Wildman–Crippen MR) is 127 cm³/mol. The van der Waals surface area contributed by atoms with Crippen molar-refractivity contribution in [2.24, 2.45) is 0 Å². The van der Waals surface area contributed by atoms with Crippen molar-refractivity contribution < 1.29 is 14.4 Å². The van der Waals surface area contributed by atoms with Crippen molar-refractivity contribution in [3.63, 3.8) is 0 Å². The van der Waals surface area contributed by atoms with E-state index >= 15 is 0 Å². The van der Waals surface area contributed by atoms with E-state index in [1.807, 2.05) is 77.7 Å². The molecule has 0 aromatic heterocycles. The molecule has 0 saturated carbocycles. The number of carbonyl (C=O) groups is 3. The molecule has 1 unspecified atom stereocenters. The SMILES string of the molecule is O=C(CC(NC(=O)c1ccccc1)c1ccccc1)Nc1cccc(CN2CCCC2=O)c1. The van der Waals surface area contributed by atoms with E-state index in [1.165, 1.54) is 0 Å². The Balaban J connectivity index is 1.43. The number of amides is 3. The summed E-state index contributed by atoms with van der Waals surface area (Å²) in [5.74, 6) is -0.259. The molecular weight excluding hydrogens is 414 g/mol. The molecule has 3 amide bonds. The highest BCUT2D eigenvalue weighted by Gasteiger charge is 2.21. The van der Waals surface area contributed by atoms with Crippen molar-refractivity contribution in [2.45, 2.75) is 31.8 Å². The lowest BCUT2D eigenvalue weighted by Crippen LogP contribution is -2.31. The number of hydrogen-bond donors (Lipinski definition) is 2. The van der Waals surface area contributed by atoms with Gasteiger partial charge in [-0.15, -0.1) is 0 Å². The molecule has 3 aromatic rings. The second-order valence-electron chi connectivity index (χ2n) is 8.17. The third-order valence-electron chi connectivity index (χ3n) is 5.69. The van der Waals surface area contributed by atoms with E-state index < -0.39 is 6.04 Å². The fraction of sp³-hybridized carbons (Fsp3) is 0.222. The van der Waals surface area contributed by atoms with Gasteiger partial charge in [0.25, 0.3) is 5.91 Å². The van der Waals surface area contributed by atoms with Crippen LogP contribution in [0.4, 0.5) is 5.69 Å². The Hall–Kier alpha value is -3.93. The van der Waals surface area contributed by atoms with E-state index in [4.69, 9.17) is 0 Å². The van der Waals surface area contributed by atoms with Crippen LogP contribution in [-0.4, -0.2) is 29.2 Å². The number of benzene rings is 3. The zero-order valence-electron chi connectivity index (χ0n) is 18.4. The monoisotopic (exact) mass is 441 g/mol. The van der Waals surface area contributed by atoms with Crippen molar-refractivity contribution in [1.29, 1.82) is 0 Å². The highest BCUT2D eigenvalue weighted by Crippen LogP contribution is 2.20. The zero-order valence-corrected chi connectivity index (χ0v) is 18.4. The number of nitrogens with zero attached hydrogens (tertiary/aromatic N) is 1. The minimum atomic E-state index is -0.468. The van der Waals surface area contributed by atoms with Crippen molar-refractivity contribution in [1.82, 2.24) is 10.2 Å². The van der Waals surface area contributed by atoms with Crippen LogP contribution in [0.3, 0.4) is 0 Å². The molecule has 0 spiro atoms. The van der Waals surface area contributed by atoms with E-state index in [0.29, 0.717) is 24.2 Å². The average Bonchev–Trinajstić information content (AvgIpc) is 3.24. The highest BCUT2D eigenvalue weighted by atomic mass is 16.2. The molecule has 3 aromatic carbocycles. The normalized spacial score (nSPS) is 14.1. The fourth-order valence-corrected chi connectivity index (χ4v) is 4.01. The van der Waals surface area contributed by atoms with Gasteiger partial charge < -0.3 is 15.5 Å². The summed E-state index contributed by atoms with van der Waals surface area (Å²) >= 11 is 0. The maximum Gasteiger partial charge on any atom is 0.251 e.